The Kier molecular flexibility index (Phi) is 22.0. The first kappa shape index (κ1) is 71.6. The monoisotopic (exact) mass is 1360 g/mol. The van der Waals surface area contributed by atoms with Crippen LogP contribution in [0.3, 0.4) is 0 Å². The lowest BCUT2D eigenvalue weighted by molar-refractivity contribution is -0.137. The van der Waals surface area contributed by atoms with Gasteiger partial charge >= 0.3 is 6.18 Å². The molecule has 16 nitrogen and oxygen atoms in total. The zero-order chi connectivity index (χ0) is 71.4. The first-order valence-electron chi connectivity index (χ1n) is 32.2. The Hall–Kier alpha value is -11.2. The van der Waals surface area contributed by atoms with Crippen molar-refractivity contribution in [3.8, 4) is 52.1 Å². The molecule has 510 valence electrons. The van der Waals surface area contributed by atoms with Crippen LogP contribution < -0.4 is 0 Å². The summed E-state index contributed by atoms with van der Waals surface area (Å²) in [5.74, 6) is -6.23. The molecule has 3 fully saturated rings. The van der Waals surface area contributed by atoms with Gasteiger partial charge in [0, 0.05) is 118 Å². The molecule has 6 aromatic heterocycles. The number of carbonyl (C=O) groups is 3. The fourth-order valence-electron chi connectivity index (χ4n) is 12.9. The van der Waals surface area contributed by atoms with Crippen LogP contribution in [0.5, 0.6) is 0 Å². The fraction of sp³-hybridized carbons (Fsp3) is 0.303. The number of piperidine rings is 3. The van der Waals surface area contributed by atoms with Crippen LogP contribution in [0.4, 0.5) is 35.1 Å². The molecule has 1 atom stereocenters. The summed E-state index contributed by atoms with van der Waals surface area (Å²) in [6.07, 6.45) is 12.2. The summed E-state index contributed by atoms with van der Waals surface area (Å²) >= 11 is 0. The van der Waals surface area contributed by atoms with Gasteiger partial charge in [0.15, 0.2) is 0 Å². The Balaban J connectivity index is 0.000000162. The Bertz CT molecular complexity index is 4540. The molecule has 3 amide bonds. The van der Waals surface area contributed by atoms with E-state index in [9.17, 15) is 65.3 Å². The summed E-state index contributed by atoms with van der Waals surface area (Å²) in [5.41, 5.74) is 2.57. The number of hydrogen-bond donors (Lipinski definition) is 0. The lowest BCUT2D eigenvalue weighted by Gasteiger charge is -2.41. The number of likely N-dealkylation sites (tertiary alicyclic amines) is 3. The van der Waals surface area contributed by atoms with Gasteiger partial charge in [-0.05, 0) is 178 Å². The fourth-order valence-corrected chi connectivity index (χ4v) is 12.9. The Morgan fingerprint density at radius 2 is 0.950 bits per heavy atom. The number of halogens is 8. The maximum atomic E-state index is 14.6. The third-order valence-corrected chi connectivity index (χ3v) is 18.9. The second-order valence-electron chi connectivity index (χ2n) is 25.3. The minimum atomic E-state index is -4.65. The molecular weight excluding hydrogens is 1290 g/mol. The second-order valence-corrected chi connectivity index (χ2v) is 25.3. The first-order chi connectivity index (χ1) is 47.9. The summed E-state index contributed by atoms with van der Waals surface area (Å²) in [5, 5.41) is 29.8. The van der Waals surface area contributed by atoms with Gasteiger partial charge in [0.2, 0.25) is 0 Å². The highest BCUT2D eigenvalue weighted by Gasteiger charge is 2.44. The van der Waals surface area contributed by atoms with Crippen LogP contribution >= 0.6 is 0 Å². The molecule has 3 aromatic carbocycles. The predicted molar refractivity (Wildman–Crippen MR) is 354 cm³/mol. The molecule has 0 saturated carbocycles. The Labute approximate surface area is 572 Å². The standard InChI is InChI=1S/C26H23F3N4O.C25H21F4N5O.C25H23FN4O/c1-25(28,29)20-4-5-22(27)19(15-20)16-26(17-30)8-13-33(14-9-26)24(34)21-3-2-10-32-23(21)18-6-11-31-12-7-18;1-16(18-5-4-17(13-20(18)26)25(27,28)29)24(14-30)7-11-34(12-8-24)23(35)19-3-2-9-32-22(19)21-6-10-31-15-33-21;1-18-4-5-20(22(26)15-18)16-25(17-27)8-13-30(14-9-25)24(31)21-3-2-10-29-23(21)19-6-11-28-12-7-19/h2-7,10-12,15H,8-9,13-14,16H2,1H3;2-6,9-10,13,15-16H,7-8,11-12H2,1H3;2-7,10-12,15H,8-9,13-14,16H2,1H3/t;16-;/m.1./s1. The van der Waals surface area contributed by atoms with Crippen LogP contribution in [0.1, 0.15) is 123 Å². The molecule has 3 aliphatic rings. The van der Waals surface area contributed by atoms with Crippen molar-refractivity contribution < 1.29 is 49.5 Å². The molecule has 100 heavy (non-hydrogen) atoms. The summed E-state index contributed by atoms with van der Waals surface area (Å²) in [4.78, 5) is 74.1. The average molecular weight is 1360 g/mol. The van der Waals surface area contributed by atoms with E-state index in [0.717, 1.165) is 53.9 Å². The van der Waals surface area contributed by atoms with E-state index in [4.69, 9.17) is 0 Å². The molecule has 24 heteroatoms. The minimum Gasteiger partial charge on any atom is -0.338 e. The molecular formula is C76H67F8N13O3. The highest BCUT2D eigenvalue weighted by molar-refractivity contribution is 6.01. The predicted octanol–water partition coefficient (Wildman–Crippen LogP) is 15.2. The number of amides is 3. The topological polar surface area (TPSA) is 223 Å². The number of rotatable bonds is 13. The van der Waals surface area contributed by atoms with Crippen molar-refractivity contribution in [3.05, 3.63) is 245 Å². The molecule has 9 aromatic rings. The number of benzene rings is 3. The van der Waals surface area contributed by atoms with Gasteiger partial charge in [-0.25, -0.2) is 31.9 Å². The highest BCUT2D eigenvalue weighted by Crippen LogP contribution is 2.46. The number of hydrogen-bond acceptors (Lipinski definition) is 13. The van der Waals surface area contributed by atoms with Crippen molar-refractivity contribution in [2.75, 3.05) is 39.3 Å². The van der Waals surface area contributed by atoms with Gasteiger partial charge < -0.3 is 14.7 Å². The summed E-state index contributed by atoms with van der Waals surface area (Å²) in [7, 11) is 0. The quantitative estimate of drug-likeness (QED) is 0.0981. The van der Waals surface area contributed by atoms with E-state index in [2.05, 4.69) is 53.1 Å². The maximum Gasteiger partial charge on any atom is 0.416 e. The van der Waals surface area contributed by atoms with Crippen LogP contribution in [0, 0.1) is 74.6 Å². The normalized spacial score (nSPS) is 15.8. The summed E-state index contributed by atoms with van der Waals surface area (Å²) < 4.78 is 110. The third-order valence-electron chi connectivity index (χ3n) is 18.9. The summed E-state index contributed by atoms with van der Waals surface area (Å²) in [6.45, 7) is 6.19. The second kappa shape index (κ2) is 30.7. The van der Waals surface area contributed by atoms with Crippen molar-refractivity contribution in [2.45, 2.75) is 90.2 Å². The van der Waals surface area contributed by atoms with Gasteiger partial charge in [0.05, 0.1) is 73.8 Å². The highest BCUT2D eigenvalue weighted by atomic mass is 19.4. The van der Waals surface area contributed by atoms with E-state index in [1.54, 1.807) is 132 Å². The molecule has 0 radical (unpaired) electrons. The Morgan fingerprint density at radius 1 is 0.490 bits per heavy atom. The molecule has 9 heterocycles. The van der Waals surface area contributed by atoms with Crippen molar-refractivity contribution in [3.63, 3.8) is 0 Å². The van der Waals surface area contributed by atoms with E-state index in [0.29, 0.717) is 109 Å². The van der Waals surface area contributed by atoms with E-state index in [-0.39, 0.29) is 72.6 Å². The maximum absolute atomic E-state index is 14.6. The van der Waals surface area contributed by atoms with Crippen LogP contribution in [-0.4, -0.2) is 107 Å². The van der Waals surface area contributed by atoms with Crippen molar-refractivity contribution in [1.29, 1.82) is 15.8 Å². The van der Waals surface area contributed by atoms with E-state index >= 15 is 0 Å². The number of aromatic nitrogens is 7. The smallest absolute Gasteiger partial charge is 0.338 e. The van der Waals surface area contributed by atoms with Crippen LogP contribution in [0.25, 0.3) is 33.9 Å². The third kappa shape index (κ3) is 16.3. The molecule has 0 bridgehead atoms. The van der Waals surface area contributed by atoms with E-state index in [1.165, 1.54) is 12.4 Å². The van der Waals surface area contributed by atoms with Crippen molar-refractivity contribution >= 4 is 17.7 Å². The van der Waals surface area contributed by atoms with Crippen molar-refractivity contribution in [1.82, 2.24) is 49.6 Å². The summed E-state index contributed by atoms with van der Waals surface area (Å²) in [6, 6.07) is 36.8. The molecule has 3 saturated heterocycles. The van der Waals surface area contributed by atoms with E-state index in [1.807, 2.05) is 25.1 Å². The molecule has 3 aliphatic heterocycles. The first-order valence-corrected chi connectivity index (χ1v) is 32.2. The van der Waals surface area contributed by atoms with Crippen molar-refractivity contribution in [2.24, 2.45) is 16.2 Å². The molecule has 12 rings (SSSR count). The molecule has 0 spiro atoms. The van der Waals surface area contributed by atoms with Gasteiger partial charge in [0.25, 0.3) is 23.6 Å². The minimum absolute atomic E-state index is 0.0104. The van der Waals surface area contributed by atoms with Crippen LogP contribution in [0.15, 0.2) is 177 Å². The average Bonchev–Trinajstić information content (AvgIpc) is 0.785. The lowest BCUT2D eigenvalue weighted by atomic mass is 9.67. The zero-order valence-corrected chi connectivity index (χ0v) is 54.8. The number of alkyl halides is 5. The van der Waals surface area contributed by atoms with Gasteiger partial charge in [-0.15, -0.1) is 0 Å². The van der Waals surface area contributed by atoms with Gasteiger partial charge in [-0.3, -0.25) is 39.3 Å². The number of nitrogens with zero attached hydrogens (tertiary/aromatic N) is 13. The zero-order valence-electron chi connectivity index (χ0n) is 54.8. The number of carbonyl (C=O) groups excluding carboxylic acids is 3. The number of nitriles is 3. The SMILES string of the molecule is CC(F)(F)c1ccc(F)c(CC2(C#N)CCN(C(=O)c3cccnc3-c3ccncc3)CC2)c1.C[C@H](c1ccc(C(F)(F)F)cc1F)C1(C#N)CCN(C(=O)c2cccnc2-c2ccncn2)CC1.Cc1ccc(CC2(C#N)CCN(C(=O)c3cccnc3-c3ccncc3)CC2)c(F)c1. The van der Waals surface area contributed by atoms with Crippen LogP contribution in [-0.2, 0) is 24.9 Å². The van der Waals surface area contributed by atoms with E-state index < -0.39 is 51.5 Å². The Morgan fingerprint density at radius 3 is 1.39 bits per heavy atom. The number of aryl methyl sites for hydroxylation is 1. The van der Waals surface area contributed by atoms with Gasteiger partial charge in [-0.2, -0.15) is 29.0 Å². The van der Waals surface area contributed by atoms with Crippen LogP contribution in [0.2, 0.25) is 0 Å². The molecule has 0 unspecified atom stereocenters. The molecule has 0 N–H and O–H groups in total. The molecule has 0 aliphatic carbocycles. The number of pyridine rings is 5. The van der Waals surface area contributed by atoms with Gasteiger partial charge in [-0.1, -0.05) is 31.2 Å². The largest absolute Gasteiger partial charge is 0.416 e. The van der Waals surface area contributed by atoms with Gasteiger partial charge in [0.1, 0.15) is 29.5 Å². The lowest BCUT2D eigenvalue weighted by Crippen LogP contribution is -2.44.